The van der Waals surface area contributed by atoms with E-state index in [2.05, 4.69) is 24.9 Å². The predicted molar refractivity (Wildman–Crippen MR) is 56.5 cm³/mol. The van der Waals surface area contributed by atoms with Crippen LogP contribution in [0.25, 0.3) is 0 Å². The van der Waals surface area contributed by atoms with Crippen LogP contribution in [0.1, 0.15) is 45.4 Å². The summed E-state index contributed by atoms with van der Waals surface area (Å²) >= 11 is 0. The summed E-state index contributed by atoms with van der Waals surface area (Å²) in [6.45, 7) is 4.58. The lowest BCUT2D eigenvalue weighted by atomic mass is 10.2. The summed E-state index contributed by atoms with van der Waals surface area (Å²) in [7, 11) is 2.17. The highest BCUT2D eigenvalue weighted by Crippen LogP contribution is 1.99. The molecule has 0 aliphatic rings. The molecular weight excluding hydrogens is 160 g/mol. The van der Waals surface area contributed by atoms with Gasteiger partial charge in [0.2, 0.25) is 0 Å². The summed E-state index contributed by atoms with van der Waals surface area (Å²) in [4.78, 5) is 2.37. The highest BCUT2D eigenvalue weighted by atomic mass is 15.1. The van der Waals surface area contributed by atoms with E-state index < -0.39 is 0 Å². The molecule has 0 aliphatic carbocycles. The second-order valence-electron chi connectivity index (χ2n) is 3.63. The maximum Gasteiger partial charge on any atom is 0.0621 e. The van der Waals surface area contributed by atoms with Gasteiger partial charge in [0.1, 0.15) is 0 Å². The third-order valence-corrected chi connectivity index (χ3v) is 2.22. The fourth-order valence-corrected chi connectivity index (χ4v) is 1.33. The molecule has 0 atom stereocenters. The van der Waals surface area contributed by atoms with Crippen molar-refractivity contribution in [3.8, 4) is 6.07 Å². The first-order valence-corrected chi connectivity index (χ1v) is 5.36. The summed E-state index contributed by atoms with van der Waals surface area (Å²) in [5.41, 5.74) is 0. The molecule has 0 aromatic carbocycles. The van der Waals surface area contributed by atoms with E-state index in [0.29, 0.717) is 6.42 Å². The van der Waals surface area contributed by atoms with Crippen molar-refractivity contribution in [2.24, 2.45) is 0 Å². The quantitative estimate of drug-likeness (QED) is 0.540. The van der Waals surface area contributed by atoms with Crippen LogP contribution in [0.4, 0.5) is 0 Å². The van der Waals surface area contributed by atoms with Crippen LogP contribution < -0.4 is 0 Å². The van der Waals surface area contributed by atoms with Crippen molar-refractivity contribution in [1.82, 2.24) is 4.90 Å². The largest absolute Gasteiger partial charge is 0.306 e. The van der Waals surface area contributed by atoms with Gasteiger partial charge < -0.3 is 4.90 Å². The van der Waals surface area contributed by atoms with Crippen molar-refractivity contribution in [3.63, 3.8) is 0 Å². The third kappa shape index (κ3) is 9.36. The fraction of sp³-hybridized carbons (Fsp3) is 0.909. The van der Waals surface area contributed by atoms with E-state index in [1.54, 1.807) is 0 Å². The van der Waals surface area contributed by atoms with Gasteiger partial charge in [-0.3, -0.25) is 0 Å². The third-order valence-electron chi connectivity index (χ3n) is 2.22. The molecule has 0 N–H and O–H groups in total. The van der Waals surface area contributed by atoms with Crippen LogP contribution in [-0.2, 0) is 0 Å². The van der Waals surface area contributed by atoms with E-state index >= 15 is 0 Å². The highest BCUT2D eigenvalue weighted by molar-refractivity contribution is 4.68. The van der Waals surface area contributed by atoms with Gasteiger partial charge in [-0.25, -0.2) is 0 Å². The zero-order chi connectivity index (χ0) is 9.94. The van der Waals surface area contributed by atoms with Crippen LogP contribution in [0, 0.1) is 11.3 Å². The Morgan fingerprint density at radius 2 is 1.69 bits per heavy atom. The Hall–Kier alpha value is -0.550. The Labute approximate surface area is 82.5 Å². The van der Waals surface area contributed by atoms with Gasteiger partial charge in [-0.2, -0.15) is 5.26 Å². The number of hydrogen-bond acceptors (Lipinski definition) is 2. The second kappa shape index (κ2) is 9.54. The molecule has 76 valence electrons. The van der Waals surface area contributed by atoms with Gasteiger partial charge in [0, 0.05) is 6.42 Å². The Morgan fingerprint density at radius 1 is 1.08 bits per heavy atom. The van der Waals surface area contributed by atoms with E-state index in [4.69, 9.17) is 5.26 Å². The SMILES string of the molecule is CCCCCN(C)CCCCC#N. The Balaban J connectivity index is 3.11. The number of nitrogens with zero attached hydrogens (tertiary/aromatic N) is 2. The summed E-state index contributed by atoms with van der Waals surface area (Å²) < 4.78 is 0. The van der Waals surface area contributed by atoms with Gasteiger partial charge in [0.05, 0.1) is 6.07 Å². The lowest BCUT2D eigenvalue weighted by Gasteiger charge is -2.15. The molecule has 0 radical (unpaired) electrons. The van der Waals surface area contributed by atoms with Crippen LogP contribution in [0.15, 0.2) is 0 Å². The maximum absolute atomic E-state index is 8.34. The summed E-state index contributed by atoms with van der Waals surface area (Å²) in [5.74, 6) is 0. The van der Waals surface area contributed by atoms with Crippen molar-refractivity contribution in [1.29, 1.82) is 5.26 Å². The van der Waals surface area contributed by atoms with E-state index in [1.807, 2.05) is 0 Å². The first-order valence-electron chi connectivity index (χ1n) is 5.36. The first kappa shape index (κ1) is 12.4. The lowest BCUT2D eigenvalue weighted by molar-refractivity contribution is 0.318. The normalized spacial score (nSPS) is 10.3. The van der Waals surface area contributed by atoms with Gasteiger partial charge in [-0.05, 0) is 39.4 Å². The standard InChI is InChI=1S/C11H22N2/c1-3-4-7-10-13(2)11-8-5-6-9-12/h3-8,10-11H2,1-2H3. The first-order chi connectivity index (χ1) is 6.31. The van der Waals surface area contributed by atoms with Gasteiger partial charge in [-0.1, -0.05) is 19.8 Å². The average Bonchev–Trinajstić information content (AvgIpc) is 2.13. The van der Waals surface area contributed by atoms with Gasteiger partial charge in [0.25, 0.3) is 0 Å². The average molecular weight is 182 g/mol. The van der Waals surface area contributed by atoms with Crippen molar-refractivity contribution >= 4 is 0 Å². The molecule has 0 fully saturated rings. The maximum atomic E-state index is 8.34. The molecule has 0 amide bonds. The molecule has 2 nitrogen and oxygen atoms in total. The smallest absolute Gasteiger partial charge is 0.0621 e. The summed E-state index contributed by atoms with van der Waals surface area (Å²) in [6, 6.07) is 2.18. The van der Waals surface area contributed by atoms with Crippen LogP contribution in [-0.4, -0.2) is 25.0 Å². The summed E-state index contributed by atoms with van der Waals surface area (Å²) in [5, 5.41) is 8.34. The molecule has 0 heterocycles. The Bertz CT molecular complexity index is 138. The summed E-state index contributed by atoms with van der Waals surface area (Å²) in [6.07, 6.45) is 6.86. The number of nitriles is 1. The molecular formula is C11H22N2. The zero-order valence-electron chi connectivity index (χ0n) is 9.05. The minimum atomic E-state index is 0.711. The van der Waals surface area contributed by atoms with Gasteiger partial charge in [-0.15, -0.1) is 0 Å². The molecule has 0 bridgehead atoms. The van der Waals surface area contributed by atoms with Crippen molar-refractivity contribution in [2.75, 3.05) is 20.1 Å². The van der Waals surface area contributed by atoms with E-state index in [0.717, 1.165) is 19.4 Å². The van der Waals surface area contributed by atoms with Crippen LogP contribution in [0.5, 0.6) is 0 Å². The van der Waals surface area contributed by atoms with Gasteiger partial charge in [0.15, 0.2) is 0 Å². The Kier molecular flexibility index (Phi) is 9.13. The molecule has 0 saturated carbocycles. The van der Waals surface area contributed by atoms with Crippen molar-refractivity contribution in [3.05, 3.63) is 0 Å². The molecule has 13 heavy (non-hydrogen) atoms. The number of unbranched alkanes of at least 4 members (excludes halogenated alkanes) is 4. The van der Waals surface area contributed by atoms with Gasteiger partial charge >= 0.3 is 0 Å². The molecule has 0 spiro atoms. The molecule has 0 aromatic heterocycles. The Morgan fingerprint density at radius 3 is 2.23 bits per heavy atom. The van der Waals surface area contributed by atoms with E-state index in [9.17, 15) is 0 Å². The number of rotatable bonds is 8. The number of hydrogen-bond donors (Lipinski definition) is 0. The monoisotopic (exact) mass is 182 g/mol. The van der Waals surface area contributed by atoms with Crippen LogP contribution >= 0.6 is 0 Å². The van der Waals surface area contributed by atoms with Crippen LogP contribution in [0.3, 0.4) is 0 Å². The predicted octanol–water partition coefficient (Wildman–Crippen LogP) is 2.80. The minimum absolute atomic E-state index is 0.711. The fourth-order valence-electron chi connectivity index (χ4n) is 1.33. The molecule has 0 rings (SSSR count). The van der Waals surface area contributed by atoms with Crippen LogP contribution in [0.2, 0.25) is 0 Å². The second-order valence-corrected chi connectivity index (χ2v) is 3.63. The molecule has 0 unspecified atom stereocenters. The van der Waals surface area contributed by atoms with Crippen molar-refractivity contribution in [2.45, 2.75) is 45.4 Å². The lowest BCUT2D eigenvalue weighted by Crippen LogP contribution is -2.20. The van der Waals surface area contributed by atoms with Crippen molar-refractivity contribution < 1.29 is 0 Å². The zero-order valence-corrected chi connectivity index (χ0v) is 9.05. The van der Waals surface area contributed by atoms with E-state index in [-0.39, 0.29) is 0 Å². The minimum Gasteiger partial charge on any atom is -0.306 e. The molecule has 0 saturated heterocycles. The highest BCUT2D eigenvalue weighted by Gasteiger charge is 1.96. The topological polar surface area (TPSA) is 27.0 Å². The van der Waals surface area contributed by atoms with E-state index in [1.165, 1.54) is 25.8 Å². The molecule has 0 aromatic rings. The molecule has 0 aliphatic heterocycles. The molecule has 2 heteroatoms.